The van der Waals surface area contributed by atoms with Crippen molar-refractivity contribution in [3.8, 4) is 17.2 Å². The monoisotopic (exact) mass is 515 g/mol. The predicted octanol–water partition coefficient (Wildman–Crippen LogP) is 4.47. The van der Waals surface area contributed by atoms with E-state index in [0.717, 1.165) is 5.56 Å². The second-order valence-corrected chi connectivity index (χ2v) is 7.95. The Labute approximate surface area is 212 Å². The number of hydrazone groups is 1. The van der Waals surface area contributed by atoms with Crippen LogP contribution in [-0.4, -0.2) is 38.8 Å². The lowest BCUT2D eigenvalue weighted by Crippen LogP contribution is -2.34. The van der Waals surface area contributed by atoms with Gasteiger partial charge >= 0.3 is 0 Å². The van der Waals surface area contributed by atoms with Crippen molar-refractivity contribution < 1.29 is 23.8 Å². The third kappa shape index (κ3) is 7.37. The number of amides is 2. The third-order valence-electron chi connectivity index (χ3n) is 4.77. The van der Waals surface area contributed by atoms with Crippen LogP contribution in [0.3, 0.4) is 0 Å². The normalized spacial score (nSPS) is 10.6. The van der Waals surface area contributed by atoms with Crippen molar-refractivity contribution in [1.82, 2.24) is 10.7 Å². The van der Waals surface area contributed by atoms with Crippen LogP contribution in [0.25, 0.3) is 0 Å². The van der Waals surface area contributed by atoms with E-state index in [9.17, 15) is 9.59 Å². The molecule has 0 atom stereocenters. The molecule has 10 heteroatoms. The lowest BCUT2D eigenvalue weighted by atomic mass is 10.2. The maximum atomic E-state index is 12.3. The highest BCUT2D eigenvalue weighted by Crippen LogP contribution is 2.27. The molecule has 0 aromatic heterocycles. The van der Waals surface area contributed by atoms with Crippen molar-refractivity contribution in [3.63, 3.8) is 0 Å². The van der Waals surface area contributed by atoms with Crippen LogP contribution in [0.15, 0.2) is 65.8 Å². The van der Waals surface area contributed by atoms with Crippen molar-refractivity contribution in [2.45, 2.75) is 6.61 Å². The average molecular weight is 516 g/mol. The number of hydrogen-bond donors (Lipinski definition) is 2. The minimum atomic E-state index is -0.499. The molecule has 0 aliphatic heterocycles. The fraction of sp³-hybridized carbons (Fsp3) is 0.160. The Hall–Kier alpha value is -3.75. The summed E-state index contributed by atoms with van der Waals surface area (Å²) < 4.78 is 16.2. The van der Waals surface area contributed by atoms with Gasteiger partial charge in [-0.05, 0) is 42.5 Å². The van der Waals surface area contributed by atoms with Gasteiger partial charge in [0.25, 0.3) is 11.8 Å². The van der Waals surface area contributed by atoms with Gasteiger partial charge in [0.2, 0.25) is 0 Å². The molecule has 0 saturated carbocycles. The first kappa shape index (κ1) is 25.9. The van der Waals surface area contributed by atoms with E-state index in [-0.39, 0.29) is 13.2 Å². The lowest BCUT2D eigenvalue weighted by Gasteiger charge is -2.10. The van der Waals surface area contributed by atoms with Crippen LogP contribution in [0.2, 0.25) is 10.0 Å². The summed E-state index contributed by atoms with van der Waals surface area (Å²) in [6.45, 7) is -0.0346. The molecule has 0 unspecified atom stereocenters. The second kappa shape index (κ2) is 12.6. The minimum absolute atomic E-state index is 0.232. The van der Waals surface area contributed by atoms with Crippen LogP contribution in [0, 0.1) is 0 Å². The summed E-state index contributed by atoms with van der Waals surface area (Å²) in [6.07, 6.45) is 1.45. The van der Waals surface area contributed by atoms with Gasteiger partial charge in [-0.1, -0.05) is 41.4 Å². The molecule has 0 aliphatic rings. The molecule has 35 heavy (non-hydrogen) atoms. The number of ether oxygens (including phenoxy) is 3. The number of hydrogen-bond acceptors (Lipinski definition) is 6. The molecular formula is C25H23Cl2N3O5. The fourth-order valence-corrected chi connectivity index (χ4v) is 3.43. The third-order valence-corrected chi connectivity index (χ3v) is 5.35. The van der Waals surface area contributed by atoms with Gasteiger partial charge in [0.15, 0.2) is 11.5 Å². The van der Waals surface area contributed by atoms with E-state index in [0.29, 0.717) is 38.4 Å². The number of carbonyl (C=O) groups excluding carboxylic acids is 2. The number of rotatable bonds is 10. The van der Waals surface area contributed by atoms with E-state index in [1.165, 1.54) is 26.5 Å². The Morgan fingerprint density at radius 3 is 2.46 bits per heavy atom. The summed E-state index contributed by atoms with van der Waals surface area (Å²) in [5.74, 6) is 0.523. The highest BCUT2D eigenvalue weighted by atomic mass is 35.5. The molecule has 0 saturated heterocycles. The summed E-state index contributed by atoms with van der Waals surface area (Å²) in [5.41, 5.74) is 4.12. The van der Waals surface area contributed by atoms with Crippen molar-refractivity contribution in [1.29, 1.82) is 0 Å². The van der Waals surface area contributed by atoms with Gasteiger partial charge in [-0.3, -0.25) is 9.59 Å². The molecule has 3 aromatic carbocycles. The topological polar surface area (TPSA) is 98.2 Å². The largest absolute Gasteiger partial charge is 0.493 e. The molecule has 0 aliphatic carbocycles. The van der Waals surface area contributed by atoms with Crippen molar-refractivity contribution in [2.75, 3.05) is 20.8 Å². The van der Waals surface area contributed by atoms with E-state index in [4.69, 9.17) is 37.4 Å². The summed E-state index contributed by atoms with van der Waals surface area (Å²) in [4.78, 5) is 24.4. The highest BCUT2D eigenvalue weighted by Gasteiger charge is 2.12. The first-order valence-electron chi connectivity index (χ1n) is 10.4. The van der Waals surface area contributed by atoms with Crippen LogP contribution in [0.5, 0.6) is 17.2 Å². The molecule has 0 bridgehead atoms. The highest BCUT2D eigenvalue weighted by molar-refractivity contribution is 6.35. The van der Waals surface area contributed by atoms with Crippen molar-refractivity contribution in [2.24, 2.45) is 5.10 Å². The molecule has 2 amide bonds. The van der Waals surface area contributed by atoms with Gasteiger partial charge in [0, 0.05) is 26.7 Å². The maximum absolute atomic E-state index is 12.3. The standard InChI is InChI=1S/C25H23Cl2N3O5/c1-33-22-10-8-16(11-23(22)34-2)25(32)28-14-24(31)30-29-13-17-5-3-4-6-21(17)35-15-18-7-9-19(26)12-20(18)27/h3-13H,14-15H2,1-2H3,(H,28,32)(H,30,31). The zero-order valence-electron chi connectivity index (χ0n) is 19.0. The van der Waals surface area contributed by atoms with Crippen LogP contribution in [0.4, 0.5) is 0 Å². The number of carbonyl (C=O) groups is 2. The molecule has 0 heterocycles. The van der Waals surface area contributed by atoms with Gasteiger partial charge in [-0.2, -0.15) is 5.10 Å². The molecule has 8 nitrogen and oxygen atoms in total. The first-order valence-corrected chi connectivity index (χ1v) is 11.1. The smallest absolute Gasteiger partial charge is 0.259 e. The van der Waals surface area contributed by atoms with Crippen LogP contribution in [-0.2, 0) is 11.4 Å². The minimum Gasteiger partial charge on any atom is -0.493 e. The van der Waals surface area contributed by atoms with Crippen LogP contribution >= 0.6 is 23.2 Å². The molecule has 182 valence electrons. The fourth-order valence-electron chi connectivity index (χ4n) is 2.97. The lowest BCUT2D eigenvalue weighted by molar-refractivity contribution is -0.120. The Balaban J connectivity index is 1.53. The number of nitrogens with zero attached hydrogens (tertiary/aromatic N) is 1. The van der Waals surface area contributed by atoms with Gasteiger partial charge < -0.3 is 19.5 Å². The number of nitrogens with one attached hydrogen (secondary N) is 2. The molecule has 3 aromatic rings. The molecule has 2 N–H and O–H groups in total. The molecule has 0 spiro atoms. The summed E-state index contributed by atoms with van der Waals surface area (Å²) >= 11 is 12.1. The van der Waals surface area contributed by atoms with E-state index < -0.39 is 11.8 Å². The molecular weight excluding hydrogens is 493 g/mol. The van der Waals surface area contributed by atoms with Crippen LogP contribution in [0.1, 0.15) is 21.5 Å². The first-order chi connectivity index (χ1) is 16.9. The number of benzene rings is 3. The van der Waals surface area contributed by atoms with Gasteiger partial charge in [-0.25, -0.2) is 5.43 Å². The zero-order chi connectivity index (χ0) is 25.2. The zero-order valence-corrected chi connectivity index (χ0v) is 20.5. The van der Waals surface area contributed by atoms with Crippen molar-refractivity contribution >= 4 is 41.2 Å². The van der Waals surface area contributed by atoms with Crippen LogP contribution < -0.4 is 25.0 Å². The van der Waals surface area contributed by atoms with E-state index in [1.807, 2.05) is 12.1 Å². The Morgan fingerprint density at radius 2 is 1.71 bits per heavy atom. The number of halogens is 2. The SMILES string of the molecule is COc1ccc(C(=O)NCC(=O)NN=Cc2ccccc2OCc2ccc(Cl)cc2Cl)cc1OC. The Morgan fingerprint density at radius 1 is 0.943 bits per heavy atom. The van der Waals surface area contributed by atoms with Gasteiger partial charge in [0.05, 0.1) is 27.0 Å². The summed E-state index contributed by atoms with van der Waals surface area (Å²) in [5, 5.41) is 7.53. The summed E-state index contributed by atoms with van der Waals surface area (Å²) in [7, 11) is 2.98. The average Bonchev–Trinajstić information content (AvgIpc) is 2.87. The quantitative estimate of drug-likeness (QED) is 0.306. The Kier molecular flexibility index (Phi) is 9.34. The van der Waals surface area contributed by atoms with Gasteiger partial charge in [0.1, 0.15) is 12.4 Å². The molecule has 0 fully saturated rings. The predicted molar refractivity (Wildman–Crippen MR) is 135 cm³/mol. The van der Waals surface area contributed by atoms with E-state index in [2.05, 4.69) is 15.8 Å². The van der Waals surface area contributed by atoms with Crippen molar-refractivity contribution in [3.05, 3.63) is 87.4 Å². The van der Waals surface area contributed by atoms with E-state index >= 15 is 0 Å². The maximum Gasteiger partial charge on any atom is 0.259 e. The summed E-state index contributed by atoms with van der Waals surface area (Å²) in [6, 6.07) is 17.1. The number of para-hydroxylation sites is 1. The van der Waals surface area contributed by atoms with E-state index in [1.54, 1.807) is 42.5 Å². The number of methoxy groups -OCH3 is 2. The molecule has 3 rings (SSSR count). The second-order valence-electron chi connectivity index (χ2n) is 7.11. The molecule has 0 radical (unpaired) electrons. The Bertz CT molecular complexity index is 1230. The van der Waals surface area contributed by atoms with Gasteiger partial charge in [-0.15, -0.1) is 0 Å².